The van der Waals surface area contributed by atoms with E-state index < -0.39 is 17.1 Å². The number of carbonyl (C=O) groups is 1. The third-order valence-electron chi connectivity index (χ3n) is 3.09. The van der Waals surface area contributed by atoms with Crippen molar-refractivity contribution < 1.29 is 14.5 Å². The SMILES string of the molecule is O=C1Nc2ccc([N+](=O)[O-])cc2C(c2ccccc2)O1. The van der Waals surface area contributed by atoms with E-state index in [9.17, 15) is 14.9 Å². The van der Waals surface area contributed by atoms with Crippen molar-refractivity contribution in [1.82, 2.24) is 0 Å². The molecule has 1 atom stereocenters. The van der Waals surface area contributed by atoms with Crippen LogP contribution in [0.3, 0.4) is 0 Å². The van der Waals surface area contributed by atoms with Gasteiger partial charge in [0, 0.05) is 17.7 Å². The van der Waals surface area contributed by atoms with Gasteiger partial charge in [-0.1, -0.05) is 30.3 Å². The number of amides is 1. The quantitative estimate of drug-likeness (QED) is 0.670. The summed E-state index contributed by atoms with van der Waals surface area (Å²) in [7, 11) is 0. The Morgan fingerprint density at radius 1 is 1.15 bits per heavy atom. The zero-order valence-corrected chi connectivity index (χ0v) is 10.3. The van der Waals surface area contributed by atoms with Gasteiger partial charge in [-0.05, 0) is 11.6 Å². The Kier molecular flexibility index (Phi) is 2.83. The fraction of sp³-hybridized carbons (Fsp3) is 0.0714. The Balaban J connectivity index is 2.12. The Morgan fingerprint density at radius 2 is 1.90 bits per heavy atom. The number of fused-ring (bicyclic) bond motifs is 1. The standard InChI is InChI=1S/C14H10N2O4/c17-14-15-12-7-6-10(16(18)19)8-11(12)13(20-14)9-4-2-1-3-5-9/h1-8,13H,(H,15,17). The van der Waals surface area contributed by atoms with Crippen LogP contribution < -0.4 is 5.32 Å². The number of nitro benzene ring substituents is 1. The smallest absolute Gasteiger partial charge is 0.412 e. The van der Waals surface area contributed by atoms with Crippen LogP contribution in [0.2, 0.25) is 0 Å². The number of hydrogen-bond donors (Lipinski definition) is 1. The largest absolute Gasteiger partial charge is 0.436 e. The fourth-order valence-corrected chi connectivity index (χ4v) is 2.18. The molecule has 6 nitrogen and oxygen atoms in total. The molecule has 0 bridgehead atoms. The molecule has 0 radical (unpaired) electrons. The summed E-state index contributed by atoms with van der Waals surface area (Å²) in [4.78, 5) is 22.0. The third kappa shape index (κ3) is 2.07. The Labute approximate surface area is 114 Å². The minimum atomic E-state index is -0.639. The molecule has 6 heteroatoms. The van der Waals surface area contributed by atoms with Gasteiger partial charge < -0.3 is 4.74 Å². The monoisotopic (exact) mass is 270 g/mol. The summed E-state index contributed by atoms with van der Waals surface area (Å²) in [5.74, 6) is 0. The first-order chi connectivity index (χ1) is 9.65. The number of carbonyl (C=O) groups excluding carboxylic acids is 1. The number of ether oxygens (including phenoxy) is 1. The van der Waals surface area contributed by atoms with Gasteiger partial charge in [0.2, 0.25) is 0 Å². The van der Waals surface area contributed by atoms with Gasteiger partial charge in [0.25, 0.3) is 5.69 Å². The molecule has 2 aromatic rings. The Bertz CT molecular complexity index is 685. The molecule has 1 amide bonds. The molecule has 2 aromatic carbocycles. The van der Waals surface area contributed by atoms with E-state index in [1.807, 2.05) is 30.3 Å². The van der Waals surface area contributed by atoms with Gasteiger partial charge in [-0.2, -0.15) is 0 Å². The highest BCUT2D eigenvalue weighted by Gasteiger charge is 2.29. The van der Waals surface area contributed by atoms with Gasteiger partial charge in [-0.3, -0.25) is 15.4 Å². The van der Waals surface area contributed by atoms with Crippen molar-refractivity contribution in [3.63, 3.8) is 0 Å². The molecule has 100 valence electrons. The van der Waals surface area contributed by atoms with Crippen molar-refractivity contribution in [2.45, 2.75) is 6.10 Å². The number of rotatable bonds is 2. The molecule has 0 spiro atoms. The maximum atomic E-state index is 11.6. The van der Waals surface area contributed by atoms with E-state index >= 15 is 0 Å². The lowest BCUT2D eigenvalue weighted by atomic mass is 9.98. The van der Waals surface area contributed by atoms with Crippen LogP contribution >= 0.6 is 0 Å². The van der Waals surface area contributed by atoms with E-state index in [0.29, 0.717) is 11.3 Å². The van der Waals surface area contributed by atoms with Crippen molar-refractivity contribution in [3.8, 4) is 0 Å². The molecule has 1 heterocycles. The summed E-state index contributed by atoms with van der Waals surface area (Å²) >= 11 is 0. The minimum Gasteiger partial charge on any atom is -0.436 e. The van der Waals surface area contributed by atoms with Crippen LogP contribution in [0.5, 0.6) is 0 Å². The molecule has 3 rings (SSSR count). The van der Waals surface area contributed by atoms with Crippen LogP contribution in [0.4, 0.5) is 16.2 Å². The van der Waals surface area contributed by atoms with Crippen molar-refractivity contribution >= 4 is 17.5 Å². The lowest BCUT2D eigenvalue weighted by Crippen LogP contribution is -2.25. The van der Waals surface area contributed by atoms with Crippen LogP contribution in [-0.2, 0) is 4.74 Å². The van der Waals surface area contributed by atoms with E-state index in [2.05, 4.69) is 5.32 Å². The summed E-state index contributed by atoms with van der Waals surface area (Å²) in [5, 5.41) is 13.4. The summed E-state index contributed by atoms with van der Waals surface area (Å²) < 4.78 is 5.26. The number of nitro groups is 1. The van der Waals surface area contributed by atoms with E-state index in [-0.39, 0.29) is 5.69 Å². The van der Waals surface area contributed by atoms with Crippen LogP contribution in [0, 0.1) is 10.1 Å². The maximum absolute atomic E-state index is 11.6. The number of benzene rings is 2. The molecule has 1 aliphatic heterocycles. The highest BCUT2D eigenvalue weighted by atomic mass is 16.6. The number of anilines is 1. The topological polar surface area (TPSA) is 81.5 Å². The van der Waals surface area contributed by atoms with Gasteiger partial charge in [0.15, 0.2) is 6.10 Å². The highest BCUT2D eigenvalue weighted by molar-refractivity contribution is 5.89. The first kappa shape index (κ1) is 12.2. The molecule has 0 saturated heterocycles. The molecule has 0 aliphatic carbocycles. The molecule has 20 heavy (non-hydrogen) atoms. The molecule has 0 aromatic heterocycles. The van der Waals surface area contributed by atoms with Gasteiger partial charge >= 0.3 is 6.09 Å². The molecular weight excluding hydrogens is 260 g/mol. The van der Waals surface area contributed by atoms with Crippen molar-refractivity contribution in [1.29, 1.82) is 0 Å². The average molecular weight is 270 g/mol. The number of non-ortho nitro benzene ring substituents is 1. The highest BCUT2D eigenvalue weighted by Crippen LogP contribution is 2.37. The van der Waals surface area contributed by atoms with E-state index in [4.69, 9.17) is 4.74 Å². The minimum absolute atomic E-state index is 0.0376. The van der Waals surface area contributed by atoms with Crippen LogP contribution in [-0.4, -0.2) is 11.0 Å². The van der Waals surface area contributed by atoms with Gasteiger partial charge in [-0.15, -0.1) is 0 Å². The maximum Gasteiger partial charge on any atom is 0.412 e. The predicted molar refractivity (Wildman–Crippen MR) is 71.5 cm³/mol. The first-order valence-corrected chi connectivity index (χ1v) is 5.96. The Hall–Kier alpha value is -2.89. The number of hydrogen-bond acceptors (Lipinski definition) is 4. The molecule has 0 fully saturated rings. The molecule has 1 N–H and O–H groups in total. The van der Waals surface area contributed by atoms with Crippen molar-refractivity contribution in [2.24, 2.45) is 0 Å². The molecule has 0 saturated carbocycles. The number of cyclic esters (lactones) is 1. The average Bonchev–Trinajstić information content (AvgIpc) is 2.46. The lowest BCUT2D eigenvalue weighted by Gasteiger charge is -2.26. The summed E-state index contributed by atoms with van der Waals surface area (Å²) in [6, 6.07) is 13.4. The van der Waals surface area contributed by atoms with Gasteiger partial charge in [0.1, 0.15) is 0 Å². The van der Waals surface area contributed by atoms with Gasteiger partial charge in [-0.25, -0.2) is 4.79 Å². The van der Waals surface area contributed by atoms with Crippen LogP contribution in [0.15, 0.2) is 48.5 Å². The Morgan fingerprint density at radius 3 is 2.60 bits per heavy atom. The summed E-state index contributed by atoms with van der Waals surface area (Å²) in [6.45, 7) is 0. The molecule has 1 aliphatic rings. The zero-order chi connectivity index (χ0) is 14.1. The zero-order valence-electron chi connectivity index (χ0n) is 10.3. The van der Waals surface area contributed by atoms with Crippen molar-refractivity contribution in [3.05, 3.63) is 69.8 Å². The van der Waals surface area contributed by atoms with Gasteiger partial charge in [0.05, 0.1) is 10.6 Å². The molecular formula is C14H10N2O4. The van der Waals surface area contributed by atoms with E-state index in [1.165, 1.54) is 18.2 Å². The lowest BCUT2D eigenvalue weighted by molar-refractivity contribution is -0.384. The van der Waals surface area contributed by atoms with Crippen molar-refractivity contribution in [2.75, 3.05) is 5.32 Å². The second-order valence-corrected chi connectivity index (χ2v) is 4.35. The van der Waals surface area contributed by atoms with E-state index in [1.54, 1.807) is 0 Å². The molecule has 1 unspecified atom stereocenters. The fourth-order valence-electron chi connectivity index (χ4n) is 2.18. The second kappa shape index (κ2) is 4.65. The number of nitrogens with one attached hydrogen (secondary N) is 1. The van der Waals surface area contributed by atoms with E-state index in [0.717, 1.165) is 5.56 Å². The summed E-state index contributed by atoms with van der Waals surface area (Å²) in [6.07, 6.45) is -1.21. The van der Waals surface area contributed by atoms with Crippen LogP contribution in [0.25, 0.3) is 0 Å². The number of nitrogens with zero attached hydrogens (tertiary/aromatic N) is 1. The predicted octanol–water partition coefficient (Wildman–Crippen LogP) is 3.25. The summed E-state index contributed by atoms with van der Waals surface area (Å²) in [5.41, 5.74) is 1.83. The second-order valence-electron chi connectivity index (χ2n) is 4.35. The van der Waals surface area contributed by atoms with Crippen LogP contribution in [0.1, 0.15) is 17.2 Å². The third-order valence-corrected chi connectivity index (χ3v) is 3.09. The normalized spacial score (nSPS) is 16.8. The first-order valence-electron chi connectivity index (χ1n) is 5.96.